The summed E-state index contributed by atoms with van der Waals surface area (Å²) in [5.41, 5.74) is 1.81. The van der Waals surface area contributed by atoms with Gasteiger partial charge in [-0.1, -0.05) is 6.92 Å². The molecule has 1 atom stereocenters. The Morgan fingerprint density at radius 2 is 2.07 bits per heavy atom. The van der Waals surface area contributed by atoms with Crippen LogP contribution in [0.5, 0.6) is 11.5 Å². The molecule has 1 aromatic carbocycles. The fraction of sp³-hybridized carbons (Fsp3) is 0.450. The lowest BCUT2D eigenvalue weighted by Crippen LogP contribution is -2.31. The molecule has 4 rings (SSSR count). The highest BCUT2D eigenvalue weighted by Gasteiger charge is 2.20. The van der Waals surface area contributed by atoms with Crippen LogP contribution in [0.1, 0.15) is 20.3 Å². The summed E-state index contributed by atoms with van der Waals surface area (Å²) in [6, 6.07) is 6.36. The lowest BCUT2D eigenvalue weighted by atomic mass is 10.2. The first kappa shape index (κ1) is 19.3. The molecule has 1 aliphatic rings. The van der Waals surface area contributed by atoms with Crippen LogP contribution in [-0.4, -0.2) is 55.9 Å². The van der Waals surface area contributed by atoms with Crippen LogP contribution in [0.3, 0.4) is 0 Å². The molecular formula is C20H27N7O2. The smallest absolute Gasteiger partial charge is 0.231 e. The van der Waals surface area contributed by atoms with Crippen LogP contribution in [-0.2, 0) is 13.6 Å². The third kappa shape index (κ3) is 4.04. The molecule has 0 radical (unpaired) electrons. The van der Waals surface area contributed by atoms with E-state index in [1.165, 1.54) is 0 Å². The standard InChI is InChI=1S/C20H27N7O2/c1-5-14(2)25(3)8-9-27-19(15-6-7-17-18(10-15)29-13-28-17)23-24-20(27)22-16-11-21-26(4)12-16/h6-7,10-12,14H,5,8-9,13H2,1-4H3,(H,22,24). The van der Waals surface area contributed by atoms with Crippen molar-refractivity contribution in [3.63, 3.8) is 0 Å². The van der Waals surface area contributed by atoms with Gasteiger partial charge in [0.2, 0.25) is 12.7 Å². The van der Waals surface area contributed by atoms with Crippen molar-refractivity contribution >= 4 is 11.6 Å². The Bertz CT molecular complexity index is 981. The Kier molecular flexibility index (Phi) is 5.39. The van der Waals surface area contributed by atoms with Crippen molar-refractivity contribution in [2.24, 2.45) is 7.05 Å². The van der Waals surface area contributed by atoms with Crippen LogP contribution >= 0.6 is 0 Å². The maximum atomic E-state index is 5.54. The highest BCUT2D eigenvalue weighted by atomic mass is 16.7. The first-order valence-electron chi connectivity index (χ1n) is 9.84. The van der Waals surface area contributed by atoms with E-state index in [1.807, 2.05) is 31.4 Å². The predicted molar refractivity (Wildman–Crippen MR) is 110 cm³/mol. The van der Waals surface area contributed by atoms with Crippen LogP contribution in [0.15, 0.2) is 30.6 Å². The van der Waals surface area contributed by atoms with Crippen molar-refractivity contribution in [3.05, 3.63) is 30.6 Å². The third-order valence-electron chi connectivity index (χ3n) is 5.36. The van der Waals surface area contributed by atoms with Crippen LogP contribution in [0.2, 0.25) is 0 Å². The minimum atomic E-state index is 0.249. The second kappa shape index (κ2) is 8.12. The molecule has 1 unspecified atom stereocenters. The Morgan fingerprint density at radius 1 is 1.24 bits per heavy atom. The normalized spacial score (nSPS) is 13.8. The number of ether oxygens (including phenoxy) is 2. The number of fused-ring (bicyclic) bond motifs is 1. The molecule has 0 fully saturated rings. The number of hydrogen-bond acceptors (Lipinski definition) is 7. The Morgan fingerprint density at radius 3 is 2.83 bits per heavy atom. The zero-order valence-corrected chi connectivity index (χ0v) is 17.3. The van der Waals surface area contributed by atoms with Gasteiger partial charge in [0.05, 0.1) is 11.9 Å². The van der Waals surface area contributed by atoms with E-state index >= 15 is 0 Å². The quantitative estimate of drug-likeness (QED) is 0.626. The summed E-state index contributed by atoms with van der Waals surface area (Å²) in [7, 11) is 4.03. The predicted octanol–water partition coefficient (Wildman–Crippen LogP) is 2.88. The largest absolute Gasteiger partial charge is 0.454 e. The van der Waals surface area contributed by atoms with E-state index in [0.29, 0.717) is 12.0 Å². The van der Waals surface area contributed by atoms with Gasteiger partial charge in [-0.3, -0.25) is 9.25 Å². The highest BCUT2D eigenvalue weighted by Crippen LogP contribution is 2.36. The number of aromatic nitrogens is 5. The Balaban J connectivity index is 1.64. The summed E-state index contributed by atoms with van der Waals surface area (Å²) in [6.45, 7) is 6.32. The maximum absolute atomic E-state index is 5.54. The van der Waals surface area contributed by atoms with E-state index in [4.69, 9.17) is 9.47 Å². The molecule has 0 aliphatic carbocycles. The van der Waals surface area contributed by atoms with Crippen molar-refractivity contribution in [1.82, 2.24) is 29.4 Å². The molecule has 0 amide bonds. The lowest BCUT2D eigenvalue weighted by molar-refractivity contribution is 0.174. The van der Waals surface area contributed by atoms with Gasteiger partial charge in [-0.15, -0.1) is 10.2 Å². The number of aryl methyl sites for hydroxylation is 1. The highest BCUT2D eigenvalue weighted by molar-refractivity contribution is 5.64. The van der Waals surface area contributed by atoms with E-state index in [1.54, 1.807) is 10.9 Å². The van der Waals surface area contributed by atoms with Gasteiger partial charge in [-0.05, 0) is 38.6 Å². The third-order valence-corrected chi connectivity index (χ3v) is 5.36. The van der Waals surface area contributed by atoms with Gasteiger partial charge in [0.1, 0.15) is 0 Å². The Hall–Kier alpha value is -3.07. The summed E-state index contributed by atoms with van der Waals surface area (Å²) >= 11 is 0. The second-order valence-electron chi connectivity index (χ2n) is 7.33. The number of anilines is 2. The van der Waals surface area contributed by atoms with Crippen LogP contribution in [0.4, 0.5) is 11.6 Å². The molecule has 29 heavy (non-hydrogen) atoms. The zero-order valence-electron chi connectivity index (χ0n) is 17.3. The SMILES string of the molecule is CCC(C)N(C)CCn1c(Nc2cnn(C)c2)nnc1-c1ccc2c(c1)OCO2. The minimum Gasteiger partial charge on any atom is -0.454 e. The van der Waals surface area contributed by atoms with E-state index in [2.05, 4.69) is 51.0 Å². The first-order valence-corrected chi connectivity index (χ1v) is 9.84. The van der Waals surface area contributed by atoms with E-state index in [0.717, 1.165) is 48.1 Å². The fourth-order valence-corrected chi connectivity index (χ4v) is 3.26. The number of rotatable bonds is 8. The van der Waals surface area contributed by atoms with Gasteiger partial charge in [0.25, 0.3) is 0 Å². The molecular weight excluding hydrogens is 370 g/mol. The van der Waals surface area contributed by atoms with Crippen LogP contribution < -0.4 is 14.8 Å². The number of hydrogen-bond donors (Lipinski definition) is 1. The second-order valence-corrected chi connectivity index (χ2v) is 7.33. The van der Waals surface area contributed by atoms with E-state index < -0.39 is 0 Å². The van der Waals surface area contributed by atoms with Gasteiger partial charge in [-0.2, -0.15) is 5.10 Å². The van der Waals surface area contributed by atoms with Crippen LogP contribution in [0.25, 0.3) is 11.4 Å². The van der Waals surface area contributed by atoms with Crippen molar-refractivity contribution in [3.8, 4) is 22.9 Å². The monoisotopic (exact) mass is 397 g/mol. The molecule has 1 aliphatic heterocycles. The molecule has 154 valence electrons. The summed E-state index contributed by atoms with van der Waals surface area (Å²) < 4.78 is 14.8. The molecule has 3 aromatic rings. The summed E-state index contributed by atoms with van der Waals surface area (Å²) in [5, 5.41) is 16.4. The van der Waals surface area contributed by atoms with E-state index in [9.17, 15) is 0 Å². The van der Waals surface area contributed by atoms with Gasteiger partial charge >= 0.3 is 0 Å². The molecule has 0 saturated heterocycles. The average Bonchev–Trinajstić information content (AvgIpc) is 3.45. The number of benzene rings is 1. The molecule has 1 N–H and O–H groups in total. The van der Waals surface area contributed by atoms with Crippen molar-refractivity contribution in [2.75, 3.05) is 25.7 Å². The molecule has 9 nitrogen and oxygen atoms in total. The number of nitrogens with one attached hydrogen (secondary N) is 1. The van der Waals surface area contributed by atoms with Crippen LogP contribution in [0, 0.1) is 0 Å². The van der Waals surface area contributed by atoms with Gasteiger partial charge < -0.3 is 19.7 Å². The minimum absolute atomic E-state index is 0.249. The van der Waals surface area contributed by atoms with Crippen molar-refractivity contribution in [2.45, 2.75) is 32.9 Å². The molecule has 3 heterocycles. The van der Waals surface area contributed by atoms with Gasteiger partial charge in [-0.25, -0.2) is 0 Å². The molecule has 9 heteroatoms. The lowest BCUT2D eigenvalue weighted by Gasteiger charge is -2.24. The first-order chi connectivity index (χ1) is 14.0. The van der Waals surface area contributed by atoms with Crippen molar-refractivity contribution < 1.29 is 9.47 Å². The molecule has 0 saturated carbocycles. The average molecular weight is 397 g/mol. The maximum Gasteiger partial charge on any atom is 0.231 e. The number of likely N-dealkylation sites (N-methyl/N-ethyl adjacent to an activating group) is 1. The number of nitrogens with zero attached hydrogens (tertiary/aromatic N) is 6. The van der Waals surface area contributed by atoms with Gasteiger partial charge in [0.15, 0.2) is 17.3 Å². The molecule has 0 spiro atoms. The summed E-state index contributed by atoms with van der Waals surface area (Å²) in [5.74, 6) is 2.95. The summed E-state index contributed by atoms with van der Waals surface area (Å²) in [6.07, 6.45) is 4.78. The topological polar surface area (TPSA) is 82.3 Å². The summed E-state index contributed by atoms with van der Waals surface area (Å²) in [4.78, 5) is 2.34. The molecule has 2 aromatic heterocycles. The fourth-order valence-electron chi connectivity index (χ4n) is 3.26. The van der Waals surface area contributed by atoms with Crippen molar-refractivity contribution in [1.29, 1.82) is 0 Å². The van der Waals surface area contributed by atoms with E-state index in [-0.39, 0.29) is 6.79 Å². The zero-order chi connectivity index (χ0) is 20.4. The van der Waals surface area contributed by atoms with Gasteiger partial charge in [0, 0.05) is 37.9 Å². The Labute approximate surface area is 170 Å². The molecule has 0 bridgehead atoms.